The van der Waals surface area contributed by atoms with Crippen LogP contribution in [0.15, 0.2) is 53.4 Å². The van der Waals surface area contributed by atoms with E-state index in [1.807, 2.05) is 31.2 Å². The van der Waals surface area contributed by atoms with E-state index in [0.717, 1.165) is 31.2 Å². The molecule has 1 saturated carbocycles. The Morgan fingerprint density at radius 3 is 2.19 bits per heavy atom. The molecule has 0 unspecified atom stereocenters. The standard InChI is InChI=1S/C21H23NO3S/c1-16-2-12-21(13-3-16)26(23,24)25-15-18-6-10-20(11-7-18)19-8-4-17(14-22)5-9-19/h2-5,8-9,12-13,18,20H,6-7,10-11,15H2,1H3. The summed E-state index contributed by atoms with van der Waals surface area (Å²) in [6, 6.07) is 16.7. The van der Waals surface area contributed by atoms with Gasteiger partial charge in [-0.05, 0) is 74.3 Å². The van der Waals surface area contributed by atoms with Crippen LogP contribution in [0.2, 0.25) is 0 Å². The highest BCUT2D eigenvalue weighted by Gasteiger charge is 2.25. The van der Waals surface area contributed by atoms with E-state index in [1.165, 1.54) is 5.56 Å². The molecular weight excluding hydrogens is 346 g/mol. The lowest BCUT2D eigenvalue weighted by Crippen LogP contribution is -2.20. The third-order valence-corrected chi connectivity index (χ3v) is 6.42. The summed E-state index contributed by atoms with van der Waals surface area (Å²) in [6.45, 7) is 2.17. The molecule has 0 aromatic heterocycles. The molecule has 0 radical (unpaired) electrons. The van der Waals surface area contributed by atoms with Crippen molar-refractivity contribution in [1.29, 1.82) is 5.26 Å². The van der Waals surface area contributed by atoms with Crippen molar-refractivity contribution in [2.45, 2.75) is 43.4 Å². The second-order valence-electron chi connectivity index (χ2n) is 7.00. The van der Waals surface area contributed by atoms with Crippen LogP contribution in [0.3, 0.4) is 0 Å². The zero-order valence-corrected chi connectivity index (χ0v) is 15.7. The van der Waals surface area contributed by atoms with Gasteiger partial charge in [0.2, 0.25) is 0 Å². The van der Waals surface area contributed by atoms with E-state index in [2.05, 4.69) is 6.07 Å². The van der Waals surface area contributed by atoms with Gasteiger partial charge in [-0.15, -0.1) is 0 Å². The van der Waals surface area contributed by atoms with Gasteiger partial charge < -0.3 is 0 Å². The summed E-state index contributed by atoms with van der Waals surface area (Å²) in [5.41, 5.74) is 2.96. The second-order valence-corrected chi connectivity index (χ2v) is 8.62. The highest BCUT2D eigenvalue weighted by atomic mass is 32.2. The molecule has 0 bridgehead atoms. The molecule has 1 aliphatic carbocycles. The summed E-state index contributed by atoms with van der Waals surface area (Å²) in [4.78, 5) is 0.217. The lowest BCUT2D eigenvalue weighted by molar-refractivity contribution is 0.204. The Morgan fingerprint density at radius 1 is 1.00 bits per heavy atom. The highest BCUT2D eigenvalue weighted by molar-refractivity contribution is 7.86. The number of aryl methyl sites for hydroxylation is 1. The molecule has 0 atom stereocenters. The van der Waals surface area contributed by atoms with E-state index in [1.54, 1.807) is 24.3 Å². The minimum absolute atomic E-state index is 0.217. The molecule has 0 amide bonds. The van der Waals surface area contributed by atoms with Crippen molar-refractivity contribution in [3.63, 3.8) is 0 Å². The van der Waals surface area contributed by atoms with Crippen molar-refractivity contribution >= 4 is 10.1 Å². The second kappa shape index (κ2) is 8.03. The summed E-state index contributed by atoms with van der Waals surface area (Å²) in [7, 11) is -3.68. The van der Waals surface area contributed by atoms with Gasteiger partial charge >= 0.3 is 0 Å². The quantitative estimate of drug-likeness (QED) is 0.725. The number of rotatable bonds is 5. The third kappa shape index (κ3) is 4.51. The third-order valence-electron chi connectivity index (χ3n) is 5.13. The minimum atomic E-state index is -3.68. The van der Waals surface area contributed by atoms with Crippen LogP contribution in [0, 0.1) is 24.2 Å². The van der Waals surface area contributed by atoms with Gasteiger partial charge in [0.05, 0.1) is 23.1 Å². The zero-order chi connectivity index (χ0) is 18.6. The molecule has 3 rings (SSSR count). The SMILES string of the molecule is Cc1ccc(S(=O)(=O)OCC2CCC(c3ccc(C#N)cc3)CC2)cc1. The first kappa shape index (κ1) is 18.6. The lowest BCUT2D eigenvalue weighted by Gasteiger charge is -2.28. The maximum atomic E-state index is 12.3. The van der Waals surface area contributed by atoms with Gasteiger partial charge in [-0.3, -0.25) is 4.18 Å². The summed E-state index contributed by atoms with van der Waals surface area (Å²) in [6.07, 6.45) is 3.94. The number of hydrogen-bond donors (Lipinski definition) is 0. The Bertz CT molecular complexity index is 872. The summed E-state index contributed by atoms with van der Waals surface area (Å²) < 4.78 is 29.9. The van der Waals surface area contributed by atoms with Crippen LogP contribution in [-0.4, -0.2) is 15.0 Å². The normalized spacial score (nSPS) is 20.5. The van der Waals surface area contributed by atoms with Crippen molar-refractivity contribution < 1.29 is 12.6 Å². The average Bonchev–Trinajstić information content (AvgIpc) is 2.67. The van der Waals surface area contributed by atoms with Gasteiger partial charge in [-0.25, -0.2) is 0 Å². The van der Waals surface area contributed by atoms with Crippen LogP contribution in [0.25, 0.3) is 0 Å². The summed E-state index contributed by atoms with van der Waals surface area (Å²) >= 11 is 0. The van der Waals surface area contributed by atoms with Crippen molar-refractivity contribution in [2.75, 3.05) is 6.61 Å². The molecule has 0 heterocycles. The Hall–Kier alpha value is -2.16. The molecule has 2 aromatic carbocycles. The first-order valence-electron chi connectivity index (χ1n) is 8.94. The average molecular weight is 369 g/mol. The molecule has 0 spiro atoms. The van der Waals surface area contributed by atoms with E-state index in [9.17, 15) is 8.42 Å². The Morgan fingerprint density at radius 2 is 1.62 bits per heavy atom. The smallest absolute Gasteiger partial charge is 0.266 e. The molecule has 2 aromatic rings. The van der Waals surface area contributed by atoms with Crippen molar-refractivity contribution in [2.24, 2.45) is 5.92 Å². The van der Waals surface area contributed by atoms with Gasteiger partial charge in [0.15, 0.2) is 0 Å². The van der Waals surface area contributed by atoms with E-state index < -0.39 is 10.1 Å². The van der Waals surface area contributed by atoms with E-state index in [4.69, 9.17) is 9.44 Å². The van der Waals surface area contributed by atoms with E-state index in [0.29, 0.717) is 11.5 Å². The fourth-order valence-electron chi connectivity index (χ4n) is 3.45. The largest absolute Gasteiger partial charge is 0.296 e. The van der Waals surface area contributed by atoms with E-state index in [-0.39, 0.29) is 17.4 Å². The molecular formula is C21H23NO3S. The van der Waals surface area contributed by atoms with Crippen molar-refractivity contribution in [3.05, 3.63) is 65.2 Å². The number of benzene rings is 2. The molecule has 5 heteroatoms. The number of nitriles is 1. The molecule has 26 heavy (non-hydrogen) atoms. The van der Waals surface area contributed by atoms with Crippen LogP contribution in [0.4, 0.5) is 0 Å². The minimum Gasteiger partial charge on any atom is -0.266 e. The summed E-state index contributed by atoms with van der Waals surface area (Å²) in [5, 5.41) is 8.88. The van der Waals surface area contributed by atoms with Gasteiger partial charge in [-0.2, -0.15) is 13.7 Å². The molecule has 0 saturated heterocycles. The lowest BCUT2D eigenvalue weighted by atomic mass is 9.79. The highest BCUT2D eigenvalue weighted by Crippen LogP contribution is 2.36. The fourth-order valence-corrected chi connectivity index (χ4v) is 4.43. The molecule has 136 valence electrons. The Kier molecular flexibility index (Phi) is 5.75. The maximum Gasteiger partial charge on any atom is 0.296 e. The van der Waals surface area contributed by atoms with Crippen molar-refractivity contribution in [1.82, 2.24) is 0 Å². The molecule has 0 aliphatic heterocycles. The van der Waals surface area contributed by atoms with E-state index >= 15 is 0 Å². The van der Waals surface area contributed by atoms with Gasteiger partial charge in [-0.1, -0.05) is 29.8 Å². The van der Waals surface area contributed by atoms with Crippen LogP contribution in [0.5, 0.6) is 0 Å². The van der Waals surface area contributed by atoms with Crippen molar-refractivity contribution in [3.8, 4) is 6.07 Å². The molecule has 4 nitrogen and oxygen atoms in total. The van der Waals surface area contributed by atoms with Crippen LogP contribution < -0.4 is 0 Å². The predicted molar refractivity (Wildman–Crippen MR) is 100 cm³/mol. The first-order chi connectivity index (χ1) is 12.5. The topological polar surface area (TPSA) is 67.2 Å². The Labute approximate surface area is 155 Å². The molecule has 1 fully saturated rings. The van der Waals surface area contributed by atoms with Crippen LogP contribution in [-0.2, 0) is 14.3 Å². The summed E-state index contributed by atoms with van der Waals surface area (Å²) in [5.74, 6) is 0.748. The fraction of sp³-hybridized carbons (Fsp3) is 0.381. The van der Waals surface area contributed by atoms with Gasteiger partial charge in [0.25, 0.3) is 10.1 Å². The van der Waals surface area contributed by atoms with Gasteiger partial charge in [0, 0.05) is 0 Å². The molecule has 1 aliphatic rings. The number of hydrogen-bond acceptors (Lipinski definition) is 4. The zero-order valence-electron chi connectivity index (χ0n) is 14.9. The van der Waals surface area contributed by atoms with Crippen LogP contribution >= 0.6 is 0 Å². The first-order valence-corrected chi connectivity index (χ1v) is 10.3. The number of nitrogens with zero attached hydrogens (tertiary/aromatic N) is 1. The monoisotopic (exact) mass is 369 g/mol. The molecule has 0 N–H and O–H groups in total. The van der Waals surface area contributed by atoms with Crippen LogP contribution in [0.1, 0.15) is 48.3 Å². The predicted octanol–water partition coefficient (Wildman–Crippen LogP) is 4.55. The Balaban J connectivity index is 1.52. The van der Waals surface area contributed by atoms with Gasteiger partial charge in [0.1, 0.15) is 0 Å². The maximum absolute atomic E-state index is 12.3.